The Labute approximate surface area is 98.7 Å². The van der Waals surface area contributed by atoms with Gasteiger partial charge in [0.05, 0.1) is 0 Å². The third kappa shape index (κ3) is 2.13. The summed E-state index contributed by atoms with van der Waals surface area (Å²) < 4.78 is 1.59. The molecule has 5 nitrogen and oxygen atoms in total. The van der Waals surface area contributed by atoms with Gasteiger partial charge in [0.1, 0.15) is 5.75 Å². The van der Waals surface area contributed by atoms with Crippen LogP contribution < -0.4 is 5.32 Å². The summed E-state index contributed by atoms with van der Waals surface area (Å²) in [7, 11) is 3.33. The van der Waals surface area contributed by atoms with E-state index in [0.717, 1.165) is 11.1 Å². The van der Waals surface area contributed by atoms with E-state index in [-0.39, 0.29) is 11.7 Å². The van der Waals surface area contributed by atoms with Crippen molar-refractivity contribution in [3.63, 3.8) is 0 Å². The van der Waals surface area contributed by atoms with Crippen molar-refractivity contribution in [2.75, 3.05) is 7.05 Å². The second-order valence-corrected chi connectivity index (χ2v) is 3.69. The molecule has 17 heavy (non-hydrogen) atoms. The molecule has 0 aliphatic carbocycles. The van der Waals surface area contributed by atoms with Crippen molar-refractivity contribution in [3.05, 3.63) is 36.2 Å². The Balaban J connectivity index is 2.51. The van der Waals surface area contributed by atoms with Gasteiger partial charge in [0, 0.05) is 25.9 Å². The van der Waals surface area contributed by atoms with E-state index in [0.29, 0.717) is 5.69 Å². The van der Waals surface area contributed by atoms with E-state index in [1.807, 2.05) is 0 Å². The molecule has 0 atom stereocenters. The second-order valence-electron chi connectivity index (χ2n) is 3.69. The zero-order valence-electron chi connectivity index (χ0n) is 9.64. The SMILES string of the molecule is CNC(=O)c1nn(C)cc1-c1ccc(O)cc1. The zero-order valence-corrected chi connectivity index (χ0v) is 9.64. The highest BCUT2D eigenvalue weighted by molar-refractivity contribution is 5.98. The molecule has 5 heteroatoms. The number of aromatic hydroxyl groups is 1. The summed E-state index contributed by atoms with van der Waals surface area (Å²) in [5.74, 6) is -0.0344. The van der Waals surface area contributed by atoms with Crippen LogP contribution in [0.1, 0.15) is 10.5 Å². The van der Waals surface area contributed by atoms with Gasteiger partial charge in [-0.3, -0.25) is 9.48 Å². The van der Waals surface area contributed by atoms with Crippen LogP contribution in [0.5, 0.6) is 5.75 Å². The van der Waals surface area contributed by atoms with Crippen LogP contribution in [-0.4, -0.2) is 27.8 Å². The molecule has 0 aliphatic heterocycles. The molecular weight excluding hydrogens is 218 g/mol. The Morgan fingerprint density at radius 1 is 1.35 bits per heavy atom. The summed E-state index contributed by atoms with van der Waals surface area (Å²) in [4.78, 5) is 11.7. The van der Waals surface area contributed by atoms with E-state index in [1.165, 1.54) is 0 Å². The lowest BCUT2D eigenvalue weighted by Crippen LogP contribution is -2.19. The number of hydrogen-bond acceptors (Lipinski definition) is 3. The van der Waals surface area contributed by atoms with Crippen molar-refractivity contribution in [1.82, 2.24) is 15.1 Å². The highest BCUT2D eigenvalue weighted by Gasteiger charge is 2.15. The summed E-state index contributed by atoms with van der Waals surface area (Å²) in [6.07, 6.45) is 1.77. The molecule has 0 aliphatic rings. The lowest BCUT2D eigenvalue weighted by Gasteiger charge is -2.01. The van der Waals surface area contributed by atoms with Gasteiger partial charge in [-0.25, -0.2) is 0 Å². The van der Waals surface area contributed by atoms with Gasteiger partial charge < -0.3 is 10.4 Å². The number of hydrogen-bond donors (Lipinski definition) is 2. The molecule has 88 valence electrons. The van der Waals surface area contributed by atoms with Crippen molar-refractivity contribution in [2.24, 2.45) is 7.05 Å². The predicted molar refractivity (Wildman–Crippen MR) is 63.7 cm³/mol. The molecule has 0 spiro atoms. The molecule has 1 amide bonds. The molecule has 0 saturated heterocycles. The summed E-state index contributed by atoms with van der Waals surface area (Å²) in [6, 6.07) is 6.66. The highest BCUT2D eigenvalue weighted by atomic mass is 16.3. The third-order valence-corrected chi connectivity index (χ3v) is 2.45. The van der Waals surface area contributed by atoms with Gasteiger partial charge in [0.25, 0.3) is 5.91 Å². The number of nitrogens with one attached hydrogen (secondary N) is 1. The number of carbonyl (C=O) groups excluding carboxylic acids is 1. The fourth-order valence-electron chi connectivity index (χ4n) is 1.63. The minimum atomic E-state index is -0.228. The molecule has 0 saturated carbocycles. The molecule has 2 aromatic rings. The Morgan fingerprint density at radius 2 is 2.00 bits per heavy atom. The Morgan fingerprint density at radius 3 is 2.59 bits per heavy atom. The fourth-order valence-corrected chi connectivity index (χ4v) is 1.63. The first-order valence-corrected chi connectivity index (χ1v) is 5.17. The van der Waals surface area contributed by atoms with E-state index >= 15 is 0 Å². The Hall–Kier alpha value is -2.30. The predicted octanol–water partition coefficient (Wildman–Crippen LogP) is 1.15. The van der Waals surface area contributed by atoms with Crippen molar-refractivity contribution in [2.45, 2.75) is 0 Å². The molecule has 1 aromatic heterocycles. The number of rotatable bonds is 2. The van der Waals surface area contributed by atoms with Crippen molar-refractivity contribution in [1.29, 1.82) is 0 Å². The van der Waals surface area contributed by atoms with Crippen LogP contribution in [0.2, 0.25) is 0 Å². The maximum absolute atomic E-state index is 11.7. The van der Waals surface area contributed by atoms with Crippen LogP contribution in [-0.2, 0) is 7.05 Å². The highest BCUT2D eigenvalue weighted by Crippen LogP contribution is 2.24. The molecule has 0 fully saturated rings. The lowest BCUT2D eigenvalue weighted by atomic mass is 10.1. The summed E-state index contributed by atoms with van der Waals surface area (Å²) in [6.45, 7) is 0. The van der Waals surface area contributed by atoms with Crippen molar-refractivity contribution < 1.29 is 9.90 Å². The van der Waals surface area contributed by atoms with Gasteiger partial charge in [0.15, 0.2) is 5.69 Å². The maximum atomic E-state index is 11.7. The summed E-state index contributed by atoms with van der Waals surface area (Å²) in [5.41, 5.74) is 1.96. The van der Waals surface area contributed by atoms with Crippen LogP contribution in [0.15, 0.2) is 30.5 Å². The molecule has 1 heterocycles. The van der Waals surface area contributed by atoms with Gasteiger partial charge >= 0.3 is 0 Å². The van der Waals surface area contributed by atoms with Crippen LogP contribution >= 0.6 is 0 Å². The van der Waals surface area contributed by atoms with Gasteiger partial charge in [-0.1, -0.05) is 12.1 Å². The lowest BCUT2D eigenvalue weighted by molar-refractivity contribution is 0.0958. The molecule has 0 radical (unpaired) electrons. The van der Waals surface area contributed by atoms with Crippen molar-refractivity contribution in [3.8, 4) is 16.9 Å². The Kier molecular flexibility index (Phi) is 2.82. The zero-order chi connectivity index (χ0) is 12.4. The first-order valence-electron chi connectivity index (χ1n) is 5.17. The minimum Gasteiger partial charge on any atom is -0.508 e. The monoisotopic (exact) mass is 231 g/mol. The van der Waals surface area contributed by atoms with Crippen molar-refractivity contribution >= 4 is 5.91 Å². The second kappa shape index (κ2) is 4.29. The van der Waals surface area contributed by atoms with Crippen LogP contribution in [0, 0.1) is 0 Å². The third-order valence-electron chi connectivity index (χ3n) is 2.45. The quantitative estimate of drug-likeness (QED) is 0.814. The van der Waals surface area contributed by atoms with E-state index < -0.39 is 0 Å². The molecule has 0 bridgehead atoms. The molecule has 2 rings (SSSR count). The van der Waals surface area contributed by atoms with Gasteiger partial charge in [-0.05, 0) is 17.7 Å². The number of aryl methyl sites for hydroxylation is 1. The first-order chi connectivity index (χ1) is 8.11. The number of nitrogens with zero attached hydrogens (tertiary/aromatic N) is 2. The van der Waals surface area contributed by atoms with E-state index in [4.69, 9.17) is 0 Å². The van der Waals surface area contributed by atoms with Crippen LogP contribution in [0.25, 0.3) is 11.1 Å². The fraction of sp³-hybridized carbons (Fsp3) is 0.167. The van der Waals surface area contributed by atoms with Crippen LogP contribution in [0.4, 0.5) is 0 Å². The Bertz CT molecular complexity index is 543. The normalized spacial score (nSPS) is 10.2. The van der Waals surface area contributed by atoms with E-state index in [2.05, 4.69) is 10.4 Å². The number of amides is 1. The number of aromatic nitrogens is 2. The largest absolute Gasteiger partial charge is 0.508 e. The topological polar surface area (TPSA) is 67.2 Å². The summed E-state index contributed by atoms with van der Waals surface area (Å²) in [5, 5.41) is 15.9. The van der Waals surface area contributed by atoms with E-state index in [9.17, 15) is 9.90 Å². The standard InChI is InChI=1S/C12H13N3O2/c1-13-12(17)11-10(7-15(2)14-11)8-3-5-9(16)6-4-8/h3-7,16H,1-2H3,(H,13,17). The van der Waals surface area contributed by atoms with Gasteiger partial charge in [-0.15, -0.1) is 0 Å². The number of carbonyl (C=O) groups is 1. The number of phenolic OH excluding ortho intramolecular Hbond substituents is 1. The van der Waals surface area contributed by atoms with Gasteiger partial charge in [0.2, 0.25) is 0 Å². The van der Waals surface area contributed by atoms with E-state index in [1.54, 1.807) is 49.2 Å². The molecule has 1 aromatic carbocycles. The maximum Gasteiger partial charge on any atom is 0.272 e. The molecule has 2 N–H and O–H groups in total. The minimum absolute atomic E-state index is 0.194. The smallest absolute Gasteiger partial charge is 0.272 e. The van der Waals surface area contributed by atoms with Gasteiger partial charge in [-0.2, -0.15) is 5.10 Å². The average molecular weight is 231 g/mol. The molecule has 0 unspecified atom stereocenters. The average Bonchev–Trinajstić information content (AvgIpc) is 2.71. The summed E-state index contributed by atoms with van der Waals surface area (Å²) >= 11 is 0. The van der Waals surface area contributed by atoms with Crippen LogP contribution in [0.3, 0.4) is 0 Å². The first kappa shape index (κ1) is 11.2. The number of phenols is 1. The number of benzene rings is 1. The molecular formula is C12H13N3O2.